The van der Waals surface area contributed by atoms with Gasteiger partial charge in [0, 0.05) is 19.2 Å². The number of fused-ring (bicyclic) bond motifs is 1. The molecule has 1 amide bonds. The zero-order valence-corrected chi connectivity index (χ0v) is 13.1. The van der Waals surface area contributed by atoms with Crippen LogP contribution in [0, 0.1) is 6.92 Å². The average molecular weight is 317 g/mol. The van der Waals surface area contributed by atoms with Crippen molar-refractivity contribution in [2.45, 2.75) is 32.0 Å². The summed E-state index contributed by atoms with van der Waals surface area (Å²) in [6.45, 7) is 3.70. The van der Waals surface area contributed by atoms with Gasteiger partial charge < -0.3 is 19.5 Å². The Bertz CT molecular complexity index is 823. The number of aryl methyl sites for hydroxylation is 1. The first-order valence-corrected chi connectivity index (χ1v) is 7.52. The number of aliphatic hydroxyl groups is 2. The summed E-state index contributed by atoms with van der Waals surface area (Å²) in [6, 6.07) is 6.37. The smallest absolute Gasteiger partial charge is 0.289 e. The van der Waals surface area contributed by atoms with E-state index in [1.54, 1.807) is 19.1 Å². The lowest BCUT2D eigenvalue weighted by Gasteiger charge is -2.39. The highest BCUT2D eigenvalue weighted by molar-refractivity contribution is 5.93. The number of piperidine rings is 1. The predicted octanol–water partition coefficient (Wildman–Crippen LogP) is 1.06. The minimum atomic E-state index is -1.21. The summed E-state index contributed by atoms with van der Waals surface area (Å²) < 4.78 is 5.59. The van der Waals surface area contributed by atoms with Gasteiger partial charge in [-0.3, -0.25) is 9.59 Å². The van der Waals surface area contributed by atoms with Gasteiger partial charge in [0.15, 0.2) is 11.2 Å². The summed E-state index contributed by atoms with van der Waals surface area (Å²) in [5.74, 6) is -0.512. The molecule has 1 aromatic carbocycles. The van der Waals surface area contributed by atoms with Crippen LogP contribution in [-0.2, 0) is 0 Å². The fourth-order valence-electron chi connectivity index (χ4n) is 2.73. The number of β-amino-alcohol motifs (C(OH)–C–C–N with tert-alkyl or cyclic N) is 1. The number of carbonyl (C=O) groups is 1. The molecule has 122 valence electrons. The molecule has 0 aliphatic carbocycles. The van der Waals surface area contributed by atoms with Gasteiger partial charge >= 0.3 is 0 Å². The molecular formula is C17H19NO5. The van der Waals surface area contributed by atoms with E-state index in [1.807, 2.05) is 13.0 Å². The van der Waals surface area contributed by atoms with Crippen molar-refractivity contribution in [2.24, 2.45) is 0 Å². The van der Waals surface area contributed by atoms with Crippen molar-refractivity contribution in [2.75, 3.05) is 13.1 Å². The SMILES string of the molecule is Cc1ccc2c(=O)cc(C(=O)N3CC[C@](C)(O)[C@H](O)C3)oc2c1. The number of benzene rings is 1. The van der Waals surface area contributed by atoms with Gasteiger partial charge in [0.25, 0.3) is 5.91 Å². The van der Waals surface area contributed by atoms with E-state index in [9.17, 15) is 19.8 Å². The van der Waals surface area contributed by atoms with E-state index in [2.05, 4.69) is 0 Å². The molecule has 1 aliphatic heterocycles. The number of hydrogen-bond acceptors (Lipinski definition) is 5. The second-order valence-electron chi connectivity index (χ2n) is 6.35. The van der Waals surface area contributed by atoms with Crippen molar-refractivity contribution in [3.63, 3.8) is 0 Å². The summed E-state index contributed by atoms with van der Waals surface area (Å²) >= 11 is 0. The molecule has 0 radical (unpaired) electrons. The van der Waals surface area contributed by atoms with Crippen molar-refractivity contribution in [1.82, 2.24) is 4.90 Å². The predicted molar refractivity (Wildman–Crippen MR) is 84.4 cm³/mol. The normalized spacial score (nSPS) is 24.9. The summed E-state index contributed by atoms with van der Waals surface area (Å²) in [5, 5.41) is 20.3. The minimum Gasteiger partial charge on any atom is -0.451 e. The fourth-order valence-corrected chi connectivity index (χ4v) is 2.73. The molecule has 6 nitrogen and oxygen atoms in total. The molecule has 1 fully saturated rings. The lowest BCUT2D eigenvalue weighted by molar-refractivity contribution is -0.100. The molecular weight excluding hydrogens is 298 g/mol. The molecule has 0 unspecified atom stereocenters. The van der Waals surface area contributed by atoms with E-state index >= 15 is 0 Å². The number of nitrogens with zero attached hydrogens (tertiary/aromatic N) is 1. The maximum Gasteiger partial charge on any atom is 0.289 e. The van der Waals surface area contributed by atoms with Crippen LogP contribution in [0.3, 0.4) is 0 Å². The van der Waals surface area contributed by atoms with Crippen LogP contribution in [0.4, 0.5) is 0 Å². The molecule has 3 rings (SSSR count). The number of likely N-dealkylation sites (tertiary alicyclic amines) is 1. The Labute approximate surface area is 133 Å². The van der Waals surface area contributed by atoms with E-state index in [0.29, 0.717) is 17.5 Å². The second-order valence-corrected chi connectivity index (χ2v) is 6.35. The lowest BCUT2D eigenvalue weighted by Crippen LogP contribution is -2.55. The summed E-state index contributed by atoms with van der Waals surface area (Å²) in [7, 11) is 0. The molecule has 0 bridgehead atoms. The number of aliphatic hydroxyl groups excluding tert-OH is 1. The van der Waals surface area contributed by atoms with Gasteiger partial charge in [0.05, 0.1) is 17.1 Å². The lowest BCUT2D eigenvalue weighted by atomic mass is 9.90. The minimum absolute atomic E-state index is 0.00139. The summed E-state index contributed by atoms with van der Waals surface area (Å²) in [4.78, 5) is 26.1. The van der Waals surface area contributed by atoms with Crippen LogP contribution < -0.4 is 5.43 Å². The van der Waals surface area contributed by atoms with Gasteiger partial charge in [-0.25, -0.2) is 0 Å². The van der Waals surface area contributed by atoms with E-state index in [1.165, 1.54) is 11.0 Å². The van der Waals surface area contributed by atoms with E-state index in [-0.39, 0.29) is 24.2 Å². The third-order valence-electron chi connectivity index (χ3n) is 4.38. The highest BCUT2D eigenvalue weighted by Crippen LogP contribution is 2.23. The zero-order chi connectivity index (χ0) is 16.8. The van der Waals surface area contributed by atoms with Crippen LogP contribution in [0.5, 0.6) is 0 Å². The summed E-state index contributed by atoms with van der Waals surface area (Å²) in [6.07, 6.45) is -0.772. The number of carbonyl (C=O) groups excluding carboxylic acids is 1. The third-order valence-corrected chi connectivity index (χ3v) is 4.38. The third kappa shape index (κ3) is 2.87. The molecule has 2 aromatic rings. The van der Waals surface area contributed by atoms with Crippen LogP contribution in [0.2, 0.25) is 0 Å². The largest absolute Gasteiger partial charge is 0.451 e. The quantitative estimate of drug-likeness (QED) is 0.820. The van der Waals surface area contributed by atoms with Gasteiger partial charge in [0.2, 0.25) is 0 Å². The van der Waals surface area contributed by atoms with Crippen molar-refractivity contribution in [1.29, 1.82) is 0 Å². The Morgan fingerprint density at radius 3 is 2.83 bits per heavy atom. The highest BCUT2D eigenvalue weighted by atomic mass is 16.4. The maximum absolute atomic E-state index is 12.5. The first kappa shape index (κ1) is 15.7. The van der Waals surface area contributed by atoms with Gasteiger partial charge in [-0.05, 0) is 38.0 Å². The fraction of sp³-hybridized carbons (Fsp3) is 0.412. The average Bonchev–Trinajstić information content (AvgIpc) is 2.48. The van der Waals surface area contributed by atoms with Crippen LogP contribution in [0.1, 0.15) is 29.5 Å². The molecule has 1 aliphatic rings. The molecule has 2 atom stereocenters. The van der Waals surface area contributed by atoms with Crippen molar-refractivity contribution in [3.05, 3.63) is 45.8 Å². The Kier molecular flexibility index (Phi) is 3.74. The Morgan fingerprint density at radius 2 is 2.13 bits per heavy atom. The Balaban J connectivity index is 1.94. The molecule has 23 heavy (non-hydrogen) atoms. The molecule has 1 aromatic heterocycles. The van der Waals surface area contributed by atoms with Gasteiger partial charge in [0.1, 0.15) is 5.58 Å². The van der Waals surface area contributed by atoms with Crippen molar-refractivity contribution < 1.29 is 19.4 Å². The van der Waals surface area contributed by atoms with Crippen LogP contribution in [0.25, 0.3) is 11.0 Å². The number of amides is 1. The van der Waals surface area contributed by atoms with E-state index in [4.69, 9.17) is 4.42 Å². The summed E-state index contributed by atoms with van der Waals surface area (Å²) in [5.41, 5.74) is -0.197. The van der Waals surface area contributed by atoms with Crippen LogP contribution in [0.15, 0.2) is 33.5 Å². The molecule has 2 heterocycles. The van der Waals surface area contributed by atoms with Gasteiger partial charge in [-0.15, -0.1) is 0 Å². The second kappa shape index (κ2) is 5.47. The molecule has 0 spiro atoms. The first-order chi connectivity index (χ1) is 10.8. The molecule has 0 saturated carbocycles. The topological polar surface area (TPSA) is 91.0 Å². The van der Waals surface area contributed by atoms with Gasteiger partial charge in [-0.2, -0.15) is 0 Å². The van der Waals surface area contributed by atoms with E-state index in [0.717, 1.165) is 5.56 Å². The molecule has 1 saturated heterocycles. The van der Waals surface area contributed by atoms with E-state index < -0.39 is 17.6 Å². The Morgan fingerprint density at radius 1 is 1.39 bits per heavy atom. The van der Waals surface area contributed by atoms with Crippen molar-refractivity contribution >= 4 is 16.9 Å². The number of rotatable bonds is 1. The highest BCUT2D eigenvalue weighted by Gasteiger charge is 2.38. The zero-order valence-electron chi connectivity index (χ0n) is 13.1. The first-order valence-electron chi connectivity index (χ1n) is 7.52. The Hall–Kier alpha value is -2.18. The molecule has 6 heteroatoms. The van der Waals surface area contributed by atoms with Crippen LogP contribution in [-0.4, -0.2) is 45.8 Å². The monoisotopic (exact) mass is 317 g/mol. The maximum atomic E-state index is 12.5. The van der Waals surface area contributed by atoms with Crippen LogP contribution >= 0.6 is 0 Å². The number of hydrogen-bond donors (Lipinski definition) is 2. The molecule has 2 N–H and O–H groups in total. The standard InChI is InChI=1S/C17H19NO5/c1-10-3-4-11-12(19)8-14(23-13(11)7-10)16(21)18-6-5-17(2,22)15(20)9-18/h3-4,7-8,15,20,22H,5-6,9H2,1-2H3/t15-,17+/m1/s1. The van der Waals surface area contributed by atoms with Crippen molar-refractivity contribution in [3.8, 4) is 0 Å². The van der Waals surface area contributed by atoms with Gasteiger partial charge in [-0.1, -0.05) is 6.07 Å².